The Hall–Kier alpha value is -0.220. The van der Waals surface area contributed by atoms with Crippen LogP contribution in [0, 0.1) is 0 Å². The van der Waals surface area contributed by atoms with Crippen molar-refractivity contribution < 1.29 is 33.5 Å². The van der Waals surface area contributed by atoms with Gasteiger partial charge in [-0.1, -0.05) is 48.1 Å². The van der Waals surface area contributed by atoms with Crippen LogP contribution in [0.3, 0.4) is 0 Å². The van der Waals surface area contributed by atoms with Crippen molar-refractivity contribution in [1.29, 1.82) is 0 Å². The summed E-state index contributed by atoms with van der Waals surface area (Å²) in [7, 11) is 3.53. The van der Waals surface area contributed by atoms with Crippen LogP contribution in [0.15, 0.2) is 40.6 Å². The van der Waals surface area contributed by atoms with E-state index in [-0.39, 0.29) is 37.2 Å². The van der Waals surface area contributed by atoms with Gasteiger partial charge < -0.3 is 28.7 Å². The van der Waals surface area contributed by atoms with Gasteiger partial charge in [-0.2, -0.15) is 0 Å². The number of halogens is 1. The molecule has 1 aliphatic heterocycles. The van der Waals surface area contributed by atoms with E-state index in [9.17, 15) is 4.79 Å². The number of morpholine rings is 1. The average molecular weight is 481 g/mol. The van der Waals surface area contributed by atoms with Crippen LogP contribution in [0.4, 0.5) is 0 Å². The van der Waals surface area contributed by atoms with E-state index in [1.165, 1.54) is 8.88 Å². The summed E-state index contributed by atoms with van der Waals surface area (Å²) in [5.41, 5.74) is 0.790. The van der Waals surface area contributed by atoms with Crippen molar-refractivity contribution in [3.8, 4) is 0 Å². The maximum absolute atomic E-state index is 12.1. The minimum Gasteiger partial charge on any atom is -1.00 e. The molecule has 0 N–H and O–H groups in total. The molecule has 126 valence electrons. The second kappa shape index (κ2) is 10.6. The van der Waals surface area contributed by atoms with Crippen molar-refractivity contribution in [2.24, 2.45) is 0 Å². The number of thioether (sulfide) groups is 1. The number of rotatable bonds is 4. The molecular weight excluding hydrogens is 461 g/mol. The summed E-state index contributed by atoms with van der Waals surface area (Å²) in [5.74, 6) is 0.687. The van der Waals surface area contributed by atoms with Gasteiger partial charge >= 0.3 is 0 Å². The number of ether oxygens (including phenoxy) is 1. The van der Waals surface area contributed by atoms with E-state index in [4.69, 9.17) is 4.74 Å². The molecule has 1 aliphatic rings. The average Bonchev–Trinajstić information content (AvgIpc) is 3.03. The molecular formula is C16H20INO2S3. The van der Waals surface area contributed by atoms with Gasteiger partial charge in [0.2, 0.25) is 0 Å². The maximum atomic E-state index is 12.1. The Morgan fingerprint density at radius 3 is 2.57 bits per heavy atom. The van der Waals surface area contributed by atoms with E-state index in [0.29, 0.717) is 5.75 Å². The summed E-state index contributed by atoms with van der Waals surface area (Å²) in [4.78, 5) is 12.1. The third-order valence-electron chi connectivity index (χ3n) is 3.21. The third kappa shape index (κ3) is 5.97. The molecule has 0 amide bonds. The maximum Gasteiger partial charge on any atom is 0.268 e. The molecule has 0 spiro atoms. The quantitative estimate of drug-likeness (QED) is 0.206. The lowest BCUT2D eigenvalue weighted by atomic mass is 10.2. The summed E-state index contributed by atoms with van der Waals surface area (Å²) in [6.07, 6.45) is 0. The third-order valence-corrected chi connectivity index (χ3v) is 7.16. The molecule has 0 atom stereocenters. The van der Waals surface area contributed by atoms with Crippen LogP contribution >= 0.6 is 32.4 Å². The molecule has 2 aromatic rings. The highest BCUT2D eigenvalue weighted by Crippen LogP contribution is 2.24. The lowest BCUT2D eigenvalue weighted by molar-refractivity contribution is -0.0000130. The molecule has 0 unspecified atom stereocenters. The van der Waals surface area contributed by atoms with Crippen LogP contribution in [0.2, 0.25) is 0 Å². The van der Waals surface area contributed by atoms with Gasteiger partial charge in [-0.3, -0.25) is 4.79 Å². The van der Waals surface area contributed by atoms with Gasteiger partial charge in [-0.15, -0.1) is 11.8 Å². The van der Waals surface area contributed by atoms with Crippen LogP contribution < -0.4 is 33.2 Å². The Kier molecular flexibility index (Phi) is 9.60. The van der Waals surface area contributed by atoms with Gasteiger partial charge in [0.1, 0.15) is 13.2 Å². The van der Waals surface area contributed by atoms with E-state index in [1.807, 2.05) is 30.3 Å². The number of hydrogen-bond donors (Lipinski definition) is 0. The standard InChI is InChI=1S/C15H16NO2S3.CH4.HI/c17-13(12-4-2-1-3-5-12)11-19-15-10-14(20-21-15)16-6-8-18-9-7-16;;/h1-5,10H,6-9,11H2;1H4;1H/q+1;;/p-1. The molecule has 23 heavy (non-hydrogen) atoms. The fourth-order valence-corrected chi connectivity index (χ4v) is 5.85. The van der Waals surface area contributed by atoms with Crippen LogP contribution in [0.1, 0.15) is 17.8 Å². The summed E-state index contributed by atoms with van der Waals surface area (Å²) in [5, 5.41) is 0. The Labute approximate surface area is 165 Å². The largest absolute Gasteiger partial charge is 1.00 e. The molecule has 1 aromatic heterocycles. The first-order chi connectivity index (χ1) is 10.3. The van der Waals surface area contributed by atoms with Gasteiger partial charge in [0.25, 0.3) is 4.67 Å². The molecule has 7 heteroatoms. The van der Waals surface area contributed by atoms with Crippen molar-refractivity contribution in [1.82, 2.24) is 4.58 Å². The summed E-state index contributed by atoms with van der Waals surface area (Å²) in [6, 6.07) is 11.7. The predicted molar refractivity (Wildman–Crippen MR) is 96.2 cm³/mol. The number of carbonyl (C=O) groups is 1. The van der Waals surface area contributed by atoms with Crippen molar-refractivity contribution in [3.05, 3.63) is 46.6 Å². The highest BCUT2D eigenvalue weighted by molar-refractivity contribution is 8.03. The van der Waals surface area contributed by atoms with E-state index in [0.717, 1.165) is 31.9 Å². The van der Waals surface area contributed by atoms with Gasteiger partial charge in [0.15, 0.2) is 18.9 Å². The highest BCUT2D eigenvalue weighted by Gasteiger charge is 2.14. The van der Waals surface area contributed by atoms with Gasteiger partial charge in [-0.05, 0) is 10.3 Å². The van der Waals surface area contributed by atoms with Crippen molar-refractivity contribution in [2.45, 2.75) is 11.6 Å². The first-order valence-corrected chi connectivity index (χ1v) is 9.93. The molecule has 3 nitrogen and oxygen atoms in total. The fourth-order valence-electron chi connectivity index (χ4n) is 2.07. The monoisotopic (exact) mass is 481 g/mol. The second-order valence-electron chi connectivity index (χ2n) is 4.65. The second-order valence-corrected chi connectivity index (χ2v) is 8.11. The molecule has 1 aromatic carbocycles. The number of nitrogens with zero attached hydrogens (tertiary/aromatic N) is 1. The zero-order chi connectivity index (χ0) is 14.5. The smallest absolute Gasteiger partial charge is 0.268 e. The summed E-state index contributed by atoms with van der Waals surface area (Å²) >= 11 is 1.63. The van der Waals surface area contributed by atoms with Gasteiger partial charge in [-0.25, -0.2) is 4.58 Å². The first-order valence-electron chi connectivity index (χ1n) is 6.80. The Balaban J connectivity index is 0.00000132. The van der Waals surface area contributed by atoms with Crippen LogP contribution in [0.5, 0.6) is 0 Å². The van der Waals surface area contributed by atoms with Crippen molar-refractivity contribution in [2.75, 3.05) is 32.1 Å². The Morgan fingerprint density at radius 2 is 1.87 bits per heavy atom. The molecule has 0 saturated carbocycles. The first kappa shape index (κ1) is 20.8. The molecule has 0 aliphatic carbocycles. The number of carbonyl (C=O) groups excluding carboxylic acids is 1. The minimum absolute atomic E-state index is 0. The number of ketones is 1. The fraction of sp³-hybridized carbons (Fsp3) is 0.375. The Morgan fingerprint density at radius 1 is 1.17 bits per heavy atom. The van der Waals surface area contributed by atoms with Crippen molar-refractivity contribution in [3.63, 3.8) is 0 Å². The topological polar surface area (TPSA) is 29.3 Å². The number of benzene rings is 1. The van der Waals surface area contributed by atoms with Crippen LogP contribution in [0.25, 0.3) is 0 Å². The lowest BCUT2D eigenvalue weighted by Crippen LogP contribution is -3.00. The van der Waals surface area contributed by atoms with Crippen molar-refractivity contribution >= 4 is 38.2 Å². The summed E-state index contributed by atoms with van der Waals surface area (Å²) in [6.45, 7) is 3.52. The van der Waals surface area contributed by atoms with E-state index in [2.05, 4.69) is 10.6 Å². The number of Topliss-reactive ketones (excluding diaryl/α,β-unsaturated/α-hetero) is 1. The molecule has 1 fully saturated rings. The summed E-state index contributed by atoms with van der Waals surface area (Å²) < 4.78 is 10.2. The molecule has 2 heterocycles. The van der Waals surface area contributed by atoms with Gasteiger partial charge in [0.05, 0.1) is 9.96 Å². The van der Waals surface area contributed by atoms with Gasteiger partial charge in [0, 0.05) is 11.6 Å². The molecule has 3 rings (SSSR count). The Bertz CT molecular complexity index is 674. The normalized spacial score (nSPS) is 13.8. The van der Waals surface area contributed by atoms with E-state index in [1.54, 1.807) is 32.4 Å². The van der Waals surface area contributed by atoms with E-state index >= 15 is 0 Å². The predicted octanol–water partition coefficient (Wildman–Crippen LogP) is 0.227. The molecule has 0 bridgehead atoms. The lowest BCUT2D eigenvalue weighted by Gasteiger charge is -2.09. The number of hydrogen-bond acceptors (Lipinski definition) is 5. The zero-order valence-electron chi connectivity index (χ0n) is 11.9. The molecule has 1 saturated heterocycles. The minimum atomic E-state index is 0. The van der Waals surface area contributed by atoms with E-state index < -0.39 is 0 Å². The molecule has 0 radical (unpaired) electrons. The zero-order valence-corrected chi connectivity index (χ0v) is 16.5. The SMILES string of the molecule is C.O=C(CSc1cc(=[N+]2CCOCC2)ss1)c1ccccc1.[I-]. The highest BCUT2D eigenvalue weighted by atomic mass is 127. The van der Waals surface area contributed by atoms with Crippen LogP contribution in [-0.2, 0) is 4.74 Å². The van der Waals surface area contributed by atoms with Crippen LogP contribution in [-0.4, -0.2) is 37.8 Å².